The van der Waals surface area contributed by atoms with E-state index in [1.54, 1.807) is 18.2 Å². The van der Waals surface area contributed by atoms with Crippen molar-refractivity contribution in [3.05, 3.63) is 45.4 Å². The molecule has 1 aromatic carbocycles. The lowest BCUT2D eigenvalue weighted by Crippen LogP contribution is -2.16. The third-order valence-corrected chi connectivity index (χ3v) is 5.79. The van der Waals surface area contributed by atoms with Gasteiger partial charge in [-0.05, 0) is 25.0 Å². The smallest absolute Gasteiger partial charge is 0.358 e. The number of carbonyl (C=O) groups excluding carboxylic acids is 1. The monoisotopic (exact) mass is 384 g/mol. The molecule has 0 unspecified atom stereocenters. The predicted octanol–water partition coefficient (Wildman–Crippen LogP) is 3.66. The molecule has 1 N–H and O–H groups in total. The molecule has 2 heterocycles. The summed E-state index contributed by atoms with van der Waals surface area (Å²) in [6, 6.07) is 7.07. The molecule has 1 fully saturated rings. The minimum Gasteiger partial charge on any atom is -0.420 e. The van der Waals surface area contributed by atoms with Crippen LogP contribution in [0, 0.1) is 0 Å². The second-order valence-corrected chi connectivity index (χ2v) is 7.75. The van der Waals surface area contributed by atoms with Crippen LogP contribution in [-0.2, 0) is 11.2 Å². The van der Waals surface area contributed by atoms with Gasteiger partial charge >= 0.3 is 5.63 Å². The maximum atomic E-state index is 12.2. The van der Waals surface area contributed by atoms with Crippen LogP contribution in [0.25, 0.3) is 11.1 Å². The molecule has 0 radical (unpaired) electrons. The molecule has 1 saturated carbocycles. The number of rotatable bonds is 5. The van der Waals surface area contributed by atoms with Gasteiger partial charge in [-0.2, -0.15) is 0 Å². The Balaban J connectivity index is 1.37. The maximum absolute atomic E-state index is 12.2. The number of fused-ring (bicyclic) bond motifs is 1. The van der Waals surface area contributed by atoms with Crippen LogP contribution < -0.4 is 10.9 Å². The van der Waals surface area contributed by atoms with Crippen LogP contribution >= 0.6 is 11.3 Å². The average molecular weight is 384 g/mol. The first kappa shape index (κ1) is 17.8. The highest BCUT2D eigenvalue weighted by atomic mass is 32.1. The topological polar surface area (TPSA) is 98.0 Å². The molecule has 0 aliphatic heterocycles. The van der Waals surface area contributed by atoms with Crippen molar-refractivity contribution in [2.24, 2.45) is 0 Å². The van der Waals surface area contributed by atoms with Gasteiger partial charge in [-0.1, -0.05) is 42.7 Å². The molecule has 4 rings (SSSR count). The lowest BCUT2D eigenvalue weighted by atomic mass is 9.90. The molecule has 0 atom stereocenters. The van der Waals surface area contributed by atoms with Crippen LogP contribution in [0.4, 0.5) is 5.13 Å². The van der Waals surface area contributed by atoms with Gasteiger partial charge in [0, 0.05) is 18.8 Å². The summed E-state index contributed by atoms with van der Waals surface area (Å²) in [5, 5.41) is 12.6. The van der Waals surface area contributed by atoms with Crippen LogP contribution in [0.5, 0.6) is 0 Å². The molecule has 3 aromatic rings. The van der Waals surface area contributed by atoms with Gasteiger partial charge < -0.3 is 9.73 Å². The summed E-state index contributed by atoms with van der Waals surface area (Å²) in [5.41, 5.74) is 0.801. The summed E-state index contributed by atoms with van der Waals surface area (Å²) >= 11 is 1.44. The number of hydrogen-bond donors (Lipinski definition) is 1. The highest BCUT2D eigenvalue weighted by Gasteiger charge is 2.20. The molecule has 0 saturated heterocycles. The van der Waals surface area contributed by atoms with E-state index >= 15 is 0 Å². The second kappa shape index (κ2) is 7.96. The van der Waals surface area contributed by atoms with Gasteiger partial charge in [0.1, 0.15) is 16.2 Å². The molecule has 0 bridgehead atoms. The third-order valence-electron chi connectivity index (χ3n) is 4.79. The van der Waals surface area contributed by atoms with Crippen LogP contribution in [0.3, 0.4) is 0 Å². The van der Waals surface area contributed by atoms with Crippen LogP contribution in [-0.4, -0.2) is 21.1 Å². The van der Waals surface area contributed by atoms with Crippen molar-refractivity contribution >= 4 is 33.5 Å². The van der Waals surface area contributed by atoms with Crippen molar-refractivity contribution in [2.75, 3.05) is 5.32 Å². The Morgan fingerprint density at radius 2 is 2.00 bits per heavy atom. The Labute approximate surface area is 159 Å². The van der Waals surface area contributed by atoms with Gasteiger partial charge in [-0.25, -0.2) is 9.78 Å². The molecular formula is C19H20N4O3S. The van der Waals surface area contributed by atoms with Crippen molar-refractivity contribution in [1.29, 1.82) is 0 Å². The van der Waals surface area contributed by atoms with E-state index in [-0.39, 0.29) is 24.4 Å². The second-order valence-electron chi connectivity index (χ2n) is 6.74. The SMILES string of the molecule is O=C(CCc1nc2ccccc2oc1=O)Nc1nnc(C2CCCCC2)s1. The Morgan fingerprint density at radius 3 is 2.85 bits per heavy atom. The number of nitrogens with zero attached hydrogens (tertiary/aromatic N) is 3. The summed E-state index contributed by atoms with van der Waals surface area (Å²) in [6.45, 7) is 0. The Morgan fingerprint density at radius 1 is 1.19 bits per heavy atom. The highest BCUT2D eigenvalue weighted by molar-refractivity contribution is 7.15. The zero-order valence-electron chi connectivity index (χ0n) is 14.8. The summed E-state index contributed by atoms with van der Waals surface area (Å²) in [4.78, 5) is 28.5. The number of para-hydroxylation sites is 2. The molecule has 2 aromatic heterocycles. The van der Waals surface area contributed by atoms with E-state index in [0.29, 0.717) is 22.1 Å². The number of anilines is 1. The number of aryl methyl sites for hydroxylation is 1. The van der Waals surface area contributed by atoms with Crippen molar-refractivity contribution in [3.63, 3.8) is 0 Å². The van der Waals surface area contributed by atoms with E-state index in [9.17, 15) is 9.59 Å². The average Bonchev–Trinajstić information content (AvgIpc) is 3.15. The fourth-order valence-electron chi connectivity index (χ4n) is 3.36. The zero-order valence-corrected chi connectivity index (χ0v) is 15.6. The summed E-state index contributed by atoms with van der Waals surface area (Å²) in [6.07, 6.45) is 6.38. The van der Waals surface area contributed by atoms with E-state index in [0.717, 1.165) is 17.8 Å². The van der Waals surface area contributed by atoms with Crippen molar-refractivity contribution in [1.82, 2.24) is 15.2 Å². The normalized spacial score (nSPS) is 15.1. The van der Waals surface area contributed by atoms with Gasteiger partial charge in [0.05, 0.1) is 0 Å². The van der Waals surface area contributed by atoms with Crippen molar-refractivity contribution < 1.29 is 9.21 Å². The predicted molar refractivity (Wildman–Crippen MR) is 103 cm³/mol. The van der Waals surface area contributed by atoms with Crippen molar-refractivity contribution in [2.45, 2.75) is 50.9 Å². The number of carbonyl (C=O) groups is 1. The first-order valence-electron chi connectivity index (χ1n) is 9.21. The number of nitrogens with one attached hydrogen (secondary N) is 1. The number of benzene rings is 1. The number of aromatic nitrogens is 3. The van der Waals surface area contributed by atoms with Crippen LogP contribution in [0.1, 0.15) is 55.1 Å². The molecule has 1 amide bonds. The molecule has 8 heteroatoms. The maximum Gasteiger partial charge on any atom is 0.358 e. The first-order valence-corrected chi connectivity index (χ1v) is 10.0. The molecule has 27 heavy (non-hydrogen) atoms. The van der Waals surface area contributed by atoms with Crippen LogP contribution in [0.15, 0.2) is 33.5 Å². The molecule has 140 valence electrons. The first-order chi connectivity index (χ1) is 13.2. The summed E-state index contributed by atoms with van der Waals surface area (Å²) in [5.74, 6) is 0.254. The zero-order chi connectivity index (χ0) is 18.6. The Hall–Kier alpha value is -2.61. The van der Waals surface area contributed by atoms with E-state index in [4.69, 9.17) is 4.42 Å². The molecule has 1 aliphatic rings. The fraction of sp³-hybridized carbons (Fsp3) is 0.421. The lowest BCUT2D eigenvalue weighted by Gasteiger charge is -2.18. The highest BCUT2D eigenvalue weighted by Crippen LogP contribution is 2.35. The quantitative estimate of drug-likeness (QED) is 0.721. The van der Waals surface area contributed by atoms with Gasteiger partial charge in [0.2, 0.25) is 11.0 Å². The van der Waals surface area contributed by atoms with E-state index in [2.05, 4.69) is 20.5 Å². The minimum absolute atomic E-state index is 0.133. The Bertz CT molecular complexity index is 1010. The van der Waals surface area contributed by atoms with Gasteiger partial charge in [0.25, 0.3) is 0 Å². The minimum atomic E-state index is -0.503. The summed E-state index contributed by atoms with van der Waals surface area (Å²) < 4.78 is 5.24. The molecule has 7 nitrogen and oxygen atoms in total. The van der Waals surface area contributed by atoms with Crippen LogP contribution in [0.2, 0.25) is 0 Å². The van der Waals surface area contributed by atoms with Gasteiger partial charge in [0.15, 0.2) is 5.58 Å². The third kappa shape index (κ3) is 4.21. The molecule has 1 aliphatic carbocycles. The van der Waals surface area contributed by atoms with E-state index in [1.807, 2.05) is 6.07 Å². The fourth-order valence-corrected chi connectivity index (χ4v) is 4.29. The lowest BCUT2D eigenvalue weighted by molar-refractivity contribution is -0.116. The van der Waals surface area contributed by atoms with Gasteiger partial charge in [-0.15, -0.1) is 10.2 Å². The number of hydrogen-bond acceptors (Lipinski definition) is 7. The van der Waals surface area contributed by atoms with Gasteiger partial charge in [-0.3, -0.25) is 4.79 Å². The largest absolute Gasteiger partial charge is 0.420 e. The Kier molecular flexibility index (Phi) is 5.24. The van der Waals surface area contributed by atoms with Crippen molar-refractivity contribution in [3.8, 4) is 0 Å². The molecular weight excluding hydrogens is 364 g/mol. The van der Waals surface area contributed by atoms with E-state index < -0.39 is 5.63 Å². The summed E-state index contributed by atoms with van der Waals surface area (Å²) in [7, 11) is 0. The number of amides is 1. The molecule has 0 spiro atoms. The standard InChI is InChI=1S/C19H20N4O3S/c24-16(21-19-23-22-17(27-19)12-6-2-1-3-7-12)11-10-14-18(25)26-15-9-5-4-8-13(15)20-14/h4-5,8-9,12H,1-3,6-7,10-11H2,(H,21,23,24). The van der Waals surface area contributed by atoms with E-state index in [1.165, 1.54) is 30.6 Å².